The summed E-state index contributed by atoms with van der Waals surface area (Å²) in [7, 11) is 0. The molecule has 1 saturated heterocycles. The number of nitrogens with two attached hydrogens (primary N) is 4. The molecule has 0 aromatic carbocycles. The first-order chi connectivity index (χ1) is 37.3. The number of amides is 11. The van der Waals surface area contributed by atoms with Crippen molar-refractivity contribution < 1.29 is 73.2 Å². The van der Waals surface area contributed by atoms with Crippen LogP contribution in [0.3, 0.4) is 0 Å². The predicted octanol–water partition coefficient (Wildman–Crippen LogP) is -7.71. The van der Waals surface area contributed by atoms with E-state index in [2.05, 4.69) is 65.4 Å². The van der Waals surface area contributed by atoms with E-state index in [0.717, 1.165) is 39.5 Å². The summed E-state index contributed by atoms with van der Waals surface area (Å²) in [5.74, 6) is -11.2. The molecule has 1 aliphatic rings. The third-order valence-corrected chi connectivity index (χ3v) is 12.6. The summed E-state index contributed by atoms with van der Waals surface area (Å²) < 4.78 is 0. The molecule has 13 atom stereocenters. The van der Waals surface area contributed by atoms with Gasteiger partial charge in [-0.15, -0.1) is 0 Å². The van der Waals surface area contributed by atoms with Gasteiger partial charge in [-0.25, -0.2) is 0 Å². The molecule has 1 fully saturated rings. The molecular formula is C49H91N15O15. The monoisotopic (exact) mass is 1130 g/mol. The van der Waals surface area contributed by atoms with Crippen LogP contribution in [0.4, 0.5) is 0 Å². The zero-order chi connectivity index (χ0) is 59.9. The quantitative estimate of drug-likeness (QED) is 0.0340. The summed E-state index contributed by atoms with van der Waals surface area (Å²) in [4.78, 5) is 151. The lowest BCUT2D eigenvalue weighted by molar-refractivity contribution is -0.137. The Bertz CT molecular complexity index is 2000. The third-order valence-electron chi connectivity index (χ3n) is 12.6. The van der Waals surface area contributed by atoms with Crippen LogP contribution in [0, 0.1) is 5.92 Å². The molecule has 0 saturated carbocycles. The molecule has 0 aliphatic carbocycles. The fourth-order valence-electron chi connectivity index (χ4n) is 8.10. The van der Waals surface area contributed by atoms with Crippen molar-refractivity contribution in [3.63, 3.8) is 0 Å². The van der Waals surface area contributed by atoms with Crippen LogP contribution in [0.2, 0.25) is 0 Å². The van der Waals surface area contributed by atoms with Gasteiger partial charge in [0.1, 0.15) is 60.4 Å². The van der Waals surface area contributed by atoms with Gasteiger partial charge in [0.05, 0.1) is 24.9 Å². The second-order valence-electron chi connectivity index (χ2n) is 20.0. The number of hydrogen-bond acceptors (Lipinski definition) is 19. The average Bonchev–Trinajstić information content (AvgIpc) is 3.37. The molecule has 11 amide bonds. The molecule has 23 N–H and O–H groups in total. The van der Waals surface area contributed by atoms with Crippen molar-refractivity contribution in [3.8, 4) is 0 Å². The first-order valence-electron chi connectivity index (χ1n) is 27.1. The third kappa shape index (κ3) is 25.7. The Kier molecular flexibility index (Phi) is 33.8. The Morgan fingerprint density at radius 2 is 1.04 bits per heavy atom. The summed E-state index contributed by atoms with van der Waals surface area (Å²) in [6, 6.07) is -16.0. The van der Waals surface area contributed by atoms with Gasteiger partial charge in [-0.1, -0.05) is 46.5 Å². The molecule has 0 aromatic heterocycles. The topological polar surface area (TPSA) is 505 Å². The van der Waals surface area contributed by atoms with Crippen LogP contribution < -0.4 is 81.4 Å². The Hall–Kier alpha value is -6.15. The van der Waals surface area contributed by atoms with E-state index in [1.54, 1.807) is 13.8 Å². The van der Waals surface area contributed by atoms with Crippen molar-refractivity contribution in [1.82, 2.24) is 58.5 Å². The first-order valence-corrected chi connectivity index (χ1v) is 27.1. The lowest BCUT2D eigenvalue weighted by atomic mass is 10.0. The molecule has 0 aromatic rings. The smallest absolute Gasteiger partial charge is 0.245 e. The zero-order valence-electron chi connectivity index (χ0n) is 46.4. The van der Waals surface area contributed by atoms with Crippen LogP contribution in [0.1, 0.15) is 119 Å². The molecule has 0 bridgehead atoms. The Morgan fingerprint density at radius 1 is 0.557 bits per heavy atom. The number of carbonyl (C=O) groups excluding carboxylic acids is 11. The van der Waals surface area contributed by atoms with E-state index in [1.165, 1.54) is 6.92 Å². The lowest BCUT2D eigenvalue weighted by Gasteiger charge is -2.29. The number of aliphatic hydroxyl groups is 4. The average molecular weight is 1130 g/mol. The number of aliphatic hydroxyl groups excluding tert-OH is 4. The number of rotatable bonds is 27. The zero-order valence-corrected chi connectivity index (χ0v) is 46.4. The van der Waals surface area contributed by atoms with Gasteiger partial charge < -0.3 is 102 Å². The number of hydrogen-bond donors (Lipinski definition) is 19. The molecule has 1 heterocycles. The maximum absolute atomic E-state index is 14.2. The van der Waals surface area contributed by atoms with E-state index < -0.39 is 163 Å². The number of unbranched alkanes of at least 4 members (excludes halogenated alkanes) is 4. The summed E-state index contributed by atoms with van der Waals surface area (Å²) in [5.41, 5.74) is 23.1. The van der Waals surface area contributed by atoms with Crippen LogP contribution >= 0.6 is 0 Å². The van der Waals surface area contributed by atoms with Gasteiger partial charge in [0.15, 0.2) is 0 Å². The highest BCUT2D eigenvalue weighted by Crippen LogP contribution is 2.10. The van der Waals surface area contributed by atoms with Crippen LogP contribution in [0.15, 0.2) is 0 Å². The van der Waals surface area contributed by atoms with Gasteiger partial charge in [0, 0.05) is 13.0 Å². The van der Waals surface area contributed by atoms with Crippen molar-refractivity contribution in [2.45, 2.75) is 197 Å². The minimum absolute atomic E-state index is 0.0274. The van der Waals surface area contributed by atoms with Crippen LogP contribution in [0.25, 0.3) is 0 Å². The van der Waals surface area contributed by atoms with Crippen molar-refractivity contribution in [1.29, 1.82) is 0 Å². The van der Waals surface area contributed by atoms with Gasteiger partial charge in [0.2, 0.25) is 65.0 Å². The number of nitrogens with one attached hydrogen (secondary N) is 11. The van der Waals surface area contributed by atoms with E-state index >= 15 is 0 Å². The largest absolute Gasteiger partial charge is 0.394 e. The second kappa shape index (κ2) is 37.7. The highest BCUT2D eigenvalue weighted by molar-refractivity contribution is 5.99. The van der Waals surface area contributed by atoms with E-state index in [1.807, 2.05) is 0 Å². The maximum Gasteiger partial charge on any atom is 0.245 e. The summed E-state index contributed by atoms with van der Waals surface area (Å²) in [6.45, 7) is 6.69. The van der Waals surface area contributed by atoms with E-state index in [-0.39, 0.29) is 70.6 Å². The highest BCUT2D eigenvalue weighted by Gasteiger charge is 2.38. The SMILES string of the molecule is CCCCCCCC(=O)N[C@@H](CCN)C(=O)N[C@H](C(=O)N[C@@H](CCN)C(=O)N[C@H]1CCNC(=O)[C@H]([C@@H](C)O)NC(=O)[C@H](CCN)NC(=O)[C@H](CCN)NC(=O)[C@H]([C@@H](C)O)NC(=O)[C@@H](CC(C)C)NC(=O)[C@H](CO)NC1=O)[C@@H](C)O. The van der Waals surface area contributed by atoms with Gasteiger partial charge in [-0.05, 0) is 97.8 Å². The van der Waals surface area contributed by atoms with E-state index in [4.69, 9.17) is 22.9 Å². The molecule has 0 unspecified atom stereocenters. The maximum atomic E-state index is 14.2. The fraction of sp³-hybridized carbons (Fsp3) is 0.776. The Morgan fingerprint density at radius 3 is 1.54 bits per heavy atom. The summed E-state index contributed by atoms with van der Waals surface area (Å²) >= 11 is 0. The van der Waals surface area contributed by atoms with Gasteiger partial charge in [-0.2, -0.15) is 0 Å². The highest BCUT2D eigenvalue weighted by atomic mass is 16.3. The van der Waals surface area contributed by atoms with E-state index in [0.29, 0.717) is 6.42 Å². The predicted molar refractivity (Wildman–Crippen MR) is 287 cm³/mol. The molecule has 0 radical (unpaired) electrons. The summed E-state index contributed by atoms with van der Waals surface area (Å²) in [5, 5.41) is 69.0. The minimum Gasteiger partial charge on any atom is -0.394 e. The van der Waals surface area contributed by atoms with Crippen molar-refractivity contribution >= 4 is 65.0 Å². The minimum atomic E-state index is -1.85. The molecule has 452 valence electrons. The molecule has 1 rings (SSSR count). The molecule has 30 nitrogen and oxygen atoms in total. The van der Waals surface area contributed by atoms with Crippen molar-refractivity contribution in [2.24, 2.45) is 28.9 Å². The fourth-order valence-corrected chi connectivity index (χ4v) is 8.10. The van der Waals surface area contributed by atoms with Gasteiger partial charge in [-0.3, -0.25) is 52.7 Å². The first kappa shape index (κ1) is 70.9. The summed E-state index contributed by atoms with van der Waals surface area (Å²) in [6.07, 6.45) is -1.70. The van der Waals surface area contributed by atoms with Crippen LogP contribution in [0.5, 0.6) is 0 Å². The second-order valence-corrected chi connectivity index (χ2v) is 20.0. The lowest BCUT2D eigenvalue weighted by Crippen LogP contribution is -2.62. The van der Waals surface area contributed by atoms with Crippen molar-refractivity contribution in [2.75, 3.05) is 39.3 Å². The number of carbonyl (C=O) groups is 11. The van der Waals surface area contributed by atoms with Crippen LogP contribution in [-0.4, -0.2) is 203 Å². The van der Waals surface area contributed by atoms with Crippen LogP contribution in [-0.2, 0) is 52.7 Å². The van der Waals surface area contributed by atoms with E-state index in [9.17, 15) is 73.2 Å². The molecule has 79 heavy (non-hydrogen) atoms. The Labute approximate surface area is 461 Å². The van der Waals surface area contributed by atoms with Gasteiger partial charge >= 0.3 is 0 Å². The molecule has 0 spiro atoms. The molecular weight excluding hydrogens is 1040 g/mol. The molecule has 30 heteroatoms. The van der Waals surface area contributed by atoms with Crippen molar-refractivity contribution in [3.05, 3.63) is 0 Å². The normalized spacial score (nSPS) is 23.8. The molecule has 1 aliphatic heterocycles. The standard InChI is InChI=1S/C49H91N15O15/c1-7-8-9-10-11-12-36(69)55-29(13-18-50)43(73)63-38(27(5)67)48(78)59-31(15-20-52)41(71)57-33-17-22-54-47(77)37(26(4)66)62-44(74)32(16-21-53)56-40(70)30(14-19-51)58-49(79)39(28(6)68)64-45(75)34(23-25(2)3)60-46(76)35(24-65)61-42(33)72/h25-35,37-39,65-68H,7-24,50-53H2,1-6H3,(H,54,77)(H,55,69)(H,56,70)(H,57,71)(H,58,79)(H,59,78)(H,60,76)(H,61,72)(H,62,74)(H,63,73)(H,64,75)/t26-,27-,28-,29+,30+,31+,32+,33+,34-,35+,37+,38+,39+/m1/s1. The Balaban J connectivity index is 3.76. The van der Waals surface area contributed by atoms with Gasteiger partial charge in [0.25, 0.3) is 0 Å².